The molecule has 0 radical (unpaired) electrons. The quantitative estimate of drug-likeness (QED) is 0.499. The molecule has 0 unspecified atom stereocenters. The molecule has 2 heterocycles. The van der Waals surface area contributed by atoms with Crippen LogP contribution in [0.15, 0.2) is 40.3 Å². The van der Waals surface area contributed by atoms with Crippen LogP contribution in [-0.4, -0.2) is 26.6 Å². The molecule has 0 saturated heterocycles. The Morgan fingerprint density at radius 1 is 1.35 bits per heavy atom. The maximum atomic E-state index is 12.0. The summed E-state index contributed by atoms with van der Waals surface area (Å²) in [6.45, 7) is 1.85. The number of nitrogens with one attached hydrogen (secondary N) is 3. The lowest BCUT2D eigenvalue weighted by atomic mass is 10.3. The number of aromatic amines is 2. The standard InChI is InChI=1S/C15H13ClN4O2S/c1-8-6-11-13(17-8)14(22)20-15(19-11)23-7-12(21)18-10-5-3-2-4-9(10)16/h2-6,17H,7H2,1H3,(H,18,21)(H,19,20,22). The second-order valence-corrected chi connectivity index (χ2v) is 6.27. The highest BCUT2D eigenvalue weighted by molar-refractivity contribution is 7.99. The van der Waals surface area contributed by atoms with Gasteiger partial charge in [-0.15, -0.1) is 0 Å². The summed E-state index contributed by atoms with van der Waals surface area (Å²) in [6, 6.07) is 8.79. The molecule has 0 aliphatic carbocycles. The van der Waals surface area contributed by atoms with Gasteiger partial charge < -0.3 is 10.3 Å². The molecule has 0 bridgehead atoms. The molecule has 0 saturated carbocycles. The molecule has 1 aromatic carbocycles. The number of para-hydroxylation sites is 1. The fraction of sp³-hybridized carbons (Fsp3) is 0.133. The van der Waals surface area contributed by atoms with E-state index in [1.165, 1.54) is 0 Å². The van der Waals surface area contributed by atoms with E-state index in [1.54, 1.807) is 30.3 Å². The third-order valence-electron chi connectivity index (χ3n) is 3.09. The highest BCUT2D eigenvalue weighted by Crippen LogP contribution is 2.21. The van der Waals surface area contributed by atoms with Crippen LogP contribution in [0.3, 0.4) is 0 Å². The van der Waals surface area contributed by atoms with Gasteiger partial charge in [-0.25, -0.2) is 4.98 Å². The van der Waals surface area contributed by atoms with Crippen LogP contribution in [0.4, 0.5) is 5.69 Å². The van der Waals surface area contributed by atoms with Crippen molar-refractivity contribution in [3.8, 4) is 0 Å². The zero-order valence-electron chi connectivity index (χ0n) is 12.1. The first-order valence-corrected chi connectivity index (χ1v) is 8.16. The van der Waals surface area contributed by atoms with Crippen molar-refractivity contribution in [1.82, 2.24) is 15.0 Å². The summed E-state index contributed by atoms with van der Waals surface area (Å²) in [5.41, 5.74) is 2.18. The molecule has 2 aromatic heterocycles. The van der Waals surface area contributed by atoms with Gasteiger partial charge in [0.1, 0.15) is 5.52 Å². The number of hydrogen-bond donors (Lipinski definition) is 3. The van der Waals surface area contributed by atoms with Crippen molar-refractivity contribution in [3.05, 3.63) is 51.4 Å². The number of thioether (sulfide) groups is 1. The van der Waals surface area contributed by atoms with E-state index in [9.17, 15) is 9.59 Å². The minimum absolute atomic E-state index is 0.114. The maximum Gasteiger partial charge on any atom is 0.275 e. The highest BCUT2D eigenvalue weighted by Gasteiger charge is 2.10. The number of anilines is 1. The zero-order chi connectivity index (χ0) is 16.4. The van der Waals surface area contributed by atoms with E-state index in [4.69, 9.17) is 11.6 Å². The van der Waals surface area contributed by atoms with Gasteiger partial charge in [-0.05, 0) is 25.1 Å². The summed E-state index contributed by atoms with van der Waals surface area (Å²) in [4.78, 5) is 33.8. The van der Waals surface area contributed by atoms with Gasteiger partial charge in [0.15, 0.2) is 5.16 Å². The van der Waals surface area contributed by atoms with Gasteiger partial charge in [0, 0.05) is 5.69 Å². The number of amides is 1. The predicted octanol–water partition coefficient (Wildman–Crippen LogP) is 2.94. The van der Waals surface area contributed by atoms with Gasteiger partial charge in [0.2, 0.25) is 5.91 Å². The number of aryl methyl sites for hydroxylation is 1. The van der Waals surface area contributed by atoms with E-state index in [1.807, 2.05) is 6.92 Å². The third kappa shape index (κ3) is 3.57. The van der Waals surface area contributed by atoms with Crippen molar-refractivity contribution in [1.29, 1.82) is 0 Å². The average Bonchev–Trinajstić information content (AvgIpc) is 2.89. The number of nitrogens with zero attached hydrogens (tertiary/aromatic N) is 1. The molecule has 118 valence electrons. The first-order valence-electron chi connectivity index (χ1n) is 6.80. The summed E-state index contributed by atoms with van der Waals surface area (Å²) in [6.07, 6.45) is 0. The van der Waals surface area contributed by atoms with E-state index >= 15 is 0 Å². The van der Waals surface area contributed by atoms with E-state index in [0.29, 0.717) is 26.9 Å². The Kier molecular flexibility index (Phi) is 4.40. The monoisotopic (exact) mass is 348 g/mol. The van der Waals surface area contributed by atoms with Gasteiger partial charge >= 0.3 is 0 Å². The molecule has 1 amide bonds. The number of hydrogen-bond acceptors (Lipinski definition) is 4. The van der Waals surface area contributed by atoms with Gasteiger partial charge in [0.05, 0.1) is 22.0 Å². The van der Waals surface area contributed by atoms with Gasteiger partial charge in [-0.2, -0.15) is 0 Å². The Labute approximate surface area is 140 Å². The number of rotatable bonds is 4. The van der Waals surface area contributed by atoms with Crippen molar-refractivity contribution < 1.29 is 4.79 Å². The molecule has 0 aliphatic rings. The van der Waals surface area contributed by atoms with Gasteiger partial charge in [-0.3, -0.25) is 14.6 Å². The number of carbonyl (C=O) groups excluding carboxylic acids is 1. The summed E-state index contributed by atoms with van der Waals surface area (Å²) >= 11 is 7.15. The van der Waals surface area contributed by atoms with Crippen LogP contribution < -0.4 is 10.9 Å². The van der Waals surface area contributed by atoms with Crippen LogP contribution in [0.25, 0.3) is 11.0 Å². The van der Waals surface area contributed by atoms with E-state index in [-0.39, 0.29) is 17.2 Å². The van der Waals surface area contributed by atoms with Gasteiger partial charge in [0.25, 0.3) is 5.56 Å². The molecule has 8 heteroatoms. The first kappa shape index (κ1) is 15.6. The number of halogens is 1. The van der Waals surface area contributed by atoms with Crippen molar-refractivity contribution >= 4 is 46.0 Å². The molecular formula is C15H13ClN4O2S. The molecule has 23 heavy (non-hydrogen) atoms. The SMILES string of the molecule is Cc1cc2nc(SCC(=O)Nc3ccccc3Cl)[nH]c(=O)c2[nH]1. The lowest BCUT2D eigenvalue weighted by Crippen LogP contribution is -2.15. The van der Waals surface area contributed by atoms with E-state index < -0.39 is 0 Å². The Morgan fingerprint density at radius 3 is 2.91 bits per heavy atom. The largest absolute Gasteiger partial charge is 0.353 e. The fourth-order valence-electron chi connectivity index (χ4n) is 2.08. The van der Waals surface area contributed by atoms with E-state index in [0.717, 1.165) is 17.5 Å². The number of benzene rings is 1. The topological polar surface area (TPSA) is 90.6 Å². The zero-order valence-corrected chi connectivity index (χ0v) is 13.7. The highest BCUT2D eigenvalue weighted by atomic mass is 35.5. The number of carbonyl (C=O) groups is 1. The summed E-state index contributed by atoms with van der Waals surface area (Å²) in [5, 5.41) is 3.59. The van der Waals surface area contributed by atoms with Crippen LogP contribution in [0.2, 0.25) is 5.02 Å². The minimum Gasteiger partial charge on any atom is -0.353 e. The van der Waals surface area contributed by atoms with Crippen molar-refractivity contribution in [2.24, 2.45) is 0 Å². The smallest absolute Gasteiger partial charge is 0.275 e. The molecule has 6 nitrogen and oxygen atoms in total. The predicted molar refractivity (Wildman–Crippen MR) is 92.3 cm³/mol. The molecule has 0 fully saturated rings. The number of fused-ring (bicyclic) bond motifs is 1. The molecule has 3 rings (SSSR count). The third-order valence-corrected chi connectivity index (χ3v) is 4.29. The second kappa shape index (κ2) is 6.47. The summed E-state index contributed by atoms with van der Waals surface area (Å²) < 4.78 is 0. The van der Waals surface area contributed by atoms with Crippen LogP contribution in [0.5, 0.6) is 0 Å². The summed E-state index contributed by atoms with van der Waals surface area (Å²) in [5.74, 6) is -0.112. The average molecular weight is 349 g/mol. The molecule has 3 aromatic rings. The minimum atomic E-state index is -0.253. The van der Waals surface area contributed by atoms with Crippen molar-refractivity contribution in [2.45, 2.75) is 12.1 Å². The van der Waals surface area contributed by atoms with Crippen LogP contribution >= 0.6 is 23.4 Å². The molecular weight excluding hydrogens is 336 g/mol. The second-order valence-electron chi connectivity index (χ2n) is 4.90. The van der Waals surface area contributed by atoms with Crippen molar-refractivity contribution in [2.75, 3.05) is 11.1 Å². The van der Waals surface area contributed by atoms with Crippen LogP contribution in [-0.2, 0) is 4.79 Å². The molecule has 3 N–H and O–H groups in total. The van der Waals surface area contributed by atoms with Crippen LogP contribution in [0.1, 0.15) is 5.69 Å². The lowest BCUT2D eigenvalue weighted by Gasteiger charge is -2.06. The first-order chi connectivity index (χ1) is 11.0. The normalized spacial score (nSPS) is 10.9. The van der Waals surface area contributed by atoms with Crippen LogP contribution in [0, 0.1) is 6.92 Å². The Balaban J connectivity index is 1.69. The fourth-order valence-corrected chi connectivity index (χ4v) is 2.93. The summed E-state index contributed by atoms with van der Waals surface area (Å²) in [7, 11) is 0. The number of H-pyrrole nitrogens is 2. The lowest BCUT2D eigenvalue weighted by molar-refractivity contribution is -0.113. The number of aromatic nitrogens is 3. The van der Waals surface area contributed by atoms with E-state index in [2.05, 4.69) is 20.3 Å². The van der Waals surface area contributed by atoms with Gasteiger partial charge in [-0.1, -0.05) is 35.5 Å². The Hall–Kier alpha value is -2.25. The molecule has 0 aliphatic heterocycles. The Morgan fingerprint density at radius 2 is 2.13 bits per heavy atom. The van der Waals surface area contributed by atoms with Crippen molar-refractivity contribution in [3.63, 3.8) is 0 Å². The molecule has 0 atom stereocenters. The maximum absolute atomic E-state index is 12.0. The molecule has 0 spiro atoms. The Bertz CT molecular complexity index is 935.